The normalized spacial score (nSPS) is 12.2. The number of nitrogens with one attached hydrogen (secondary N) is 2. The number of carbonyl (C=O) groups is 1. The number of anilines is 1. The van der Waals surface area contributed by atoms with Crippen LogP contribution in [-0.2, 0) is 14.8 Å². The van der Waals surface area contributed by atoms with Gasteiger partial charge in [-0.3, -0.25) is 4.79 Å². The van der Waals surface area contributed by atoms with Gasteiger partial charge in [-0.25, -0.2) is 13.1 Å². The molecule has 1 amide bonds. The average molecular weight is 271 g/mol. The number of amides is 1. The van der Waals surface area contributed by atoms with E-state index in [0.29, 0.717) is 5.69 Å². The van der Waals surface area contributed by atoms with Gasteiger partial charge in [0, 0.05) is 5.69 Å². The van der Waals surface area contributed by atoms with Crippen molar-refractivity contribution >= 4 is 21.6 Å². The van der Waals surface area contributed by atoms with Crippen molar-refractivity contribution in [3.8, 4) is 0 Å². The van der Waals surface area contributed by atoms with E-state index in [1.165, 1.54) is 31.3 Å². The molecule has 0 atom stereocenters. The van der Waals surface area contributed by atoms with Gasteiger partial charge in [0.05, 0.1) is 10.4 Å². The fourth-order valence-electron chi connectivity index (χ4n) is 1.13. The van der Waals surface area contributed by atoms with Gasteiger partial charge in [-0.2, -0.15) is 0 Å². The van der Waals surface area contributed by atoms with Crippen LogP contribution in [0.3, 0.4) is 0 Å². The first-order valence-electron chi connectivity index (χ1n) is 5.31. The molecule has 1 aromatic rings. The summed E-state index contributed by atoms with van der Waals surface area (Å²) in [7, 11) is -2.12. The van der Waals surface area contributed by atoms with Gasteiger partial charge in [-0.15, -0.1) is 0 Å². The van der Waals surface area contributed by atoms with Crippen LogP contribution in [0, 0.1) is 0 Å². The summed E-state index contributed by atoms with van der Waals surface area (Å²) in [5, 5.41) is 2.60. The number of hydrogen-bond donors (Lipinski definition) is 3. The summed E-state index contributed by atoms with van der Waals surface area (Å²) in [5.74, 6) is -0.341. The van der Waals surface area contributed by atoms with Gasteiger partial charge in [0.25, 0.3) is 0 Å². The number of rotatable bonds is 4. The molecule has 100 valence electrons. The highest BCUT2D eigenvalue weighted by Crippen LogP contribution is 2.14. The van der Waals surface area contributed by atoms with Gasteiger partial charge in [0.2, 0.25) is 15.9 Å². The standard InChI is InChI=1S/C11H17N3O3S/c1-11(2,12)10(15)14-8-4-6-9(7-5-8)18(16,17)13-3/h4-7,13H,12H2,1-3H3,(H,14,15). The molecule has 18 heavy (non-hydrogen) atoms. The summed E-state index contributed by atoms with van der Waals surface area (Å²) in [5.41, 5.74) is 5.13. The van der Waals surface area contributed by atoms with Gasteiger partial charge in [0.15, 0.2) is 0 Å². The predicted octanol–water partition coefficient (Wildman–Crippen LogP) is 0.271. The van der Waals surface area contributed by atoms with Crippen molar-refractivity contribution < 1.29 is 13.2 Å². The Labute approximate surface area is 107 Å². The highest BCUT2D eigenvalue weighted by Gasteiger charge is 2.21. The average Bonchev–Trinajstić information content (AvgIpc) is 2.28. The number of nitrogens with two attached hydrogens (primary N) is 1. The highest BCUT2D eigenvalue weighted by molar-refractivity contribution is 7.89. The van der Waals surface area contributed by atoms with E-state index in [4.69, 9.17) is 5.73 Å². The van der Waals surface area contributed by atoms with Crippen molar-refractivity contribution in [1.29, 1.82) is 0 Å². The van der Waals surface area contributed by atoms with Crippen molar-refractivity contribution in [1.82, 2.24) is 4.72 Å². The van der Waals surface area contributed by atoms with E-state index in [0.717, 1.165) is 0 Å². The smallest absolute Gasteiger partial charge is 0.243 e. The number of hydrogen-bond acceptors (Lipinski definition) is 4. The molecule has 0 aromatic heterocycles. The maximum absolute atomic E-state index is 11.6. The third kappa shape index (κ3) is 3.52. The molecule has 6 nitrogen and oxygen atoms in total. The molecular weight excluding hydrogens is 254 g/mol. The molecule has 1 rings (SSSR count). The van der Waals surface area contributed by atoms with Crippen molar-refractivity contribution in [2.24, 2.45) is 5.73 Å². The van der Waals surface area contributed by atoms with Crippen LogP contribution >= 0.6 is 0 Å². The van der Waals surface area contributed by atoms with Gasteiger partial charge >= 0.3 is 0 Å². The second kappa shape index (κ2) is 5.05. The Kier molecular flexibility index (Phi) is 4.10. The minimum Gasteiger partial charge on any atom is -0.325 e. The minimum absolute atomic E-state index is 0.134. The van der Waals surface area contributed by atoms with E-state index in [-0.39, 0.29) is 10.8 Å². The molecule has 0 fully saturated rings. The van der Waals surface area contributed by atoms with E-state index in [1.807, 2.05) is 0 Å². The van der Waals surface area contributed by atoms with E-state index in [9.17, 15) is 13.2 Å². The number of sulfonamides is 1. The zero-order valence-electron chi connectivity index (χ0n) is 10.5. The lowest BCUT2D eigenvalue weighted by Crippen LogP contribution is -2.45. The van der Waals surface area contributed by atoms with Crippen molar-refractivity contribution in [2.45, 2.75) is 24.3 Å². The topological polar surface area (TPSA) is 101 Å². The molecule has 0 aliphatic rings. The van der Waals surface area contributed by atoms with Crippen LogP contribution < -0.4 is 15.8 Å². The van der Waals surface area contributed by atoms with Crippen molar-refractivity contribution in [3.05, 3.63) is 24.3 Å². The highest BCUT2D eigenvalue weighted by atomic mass is 32.2. The van der Waals surface area contributed by atoms with Crippen molar-refractivity contribution in [3.63, 3.8) is 0 Å². The van der Waals surface area contributed by atoms with E-state index in [2.05, 4.69) is 10.0 Å². The zero-order valence-corrected chi connectivity index (χ0v) is 11.3. The maximum Gasteiger partial charge on any atom is 0.243 e. The summed E-state index contributed by atoms with van der Waals surface area (Å²) in [6.45, 7) is 3.17. The molecule has 0 aliphatic carbocycles. The van der Waals surface area contributed by atoms with Crippen LogP contribution in [0.1, 0.15) is 13.8 Å². The van der Waals surface area contributed by atoms with Crippen LogP contribution in [0.25, 0.3) is 0 Å². The molecule has 0 saturated heterocycles. The molecule has 7 heteroatoms. The fourth-order valence-corrected chi connectivity index (χ4v) is 1.86. The van der Waals surface area contributed by atoms with Crippen LogP contribution in [-0.4, -0.2) is 26.9 Å². The van der Waals surface area contributed by atoms with Crippen LogP contribution in [0.2, 0.25) is 0 Å². The molecule has 1 aromatic carbocycles. The summed E-state index contributed by atoms with van der Waals surface area (Å²) in [4.78, 5) is 11.7. The first kappa shape index (κ1) is 14.6. The first-order chi connectivity index (χ1) is 8.16. The van der Waals surface area contributed by atoms with E-state index < -0.39 is 15.6 Å². The van der Waals surface area contributed by atoms with Gasteiger partial charge < -0.3 is 11.1 Å². The Bertz CT molecular complexity index is 530. The second-order valence-electron chi connectivity index (χ2n) is 4.41. The van der Waals surface area contributed by atoms with E-state index >= 15 is 0 Å². The third-order valence-corrected chi connectivity index (χ3v) is 3.71. The number of carbonyl (C=O) groups excluding carboxylic acids is 1. The quantitative estimate of drug-likeness (QED) is 0.731. The van der Waals surface area contributed by atoms with Gasteiger partial charge in [-0.1, -0.05) is 0 Å². The van der Waals surface area contributed by atoms with E-state index in [1.54, 1.807) is 13.8 Å². The van der Waals surface area contributed by atoms with Crippen LogP contribution in [0.15, 0.2) is 29.2 Å². The lowest BCUT2D eigenvalue weighted by molar-refractivity contribution is -0.120. The minimum atomic E-state index is -3.46. The zero-order chi connectivity index (χ0) is 14.0. The lowest BCUT2D eigenvalue weighted by Gasteiger charge is -2.17. The molecule has 0 heterocycles. The molecular formula is C11H17N3O3S. The largest absolute Gasteiger partial charge is 0.325 e. The molecule has 0 unspecified atom stereocenters. The summed E-state index contributed by atoms with van der Waals surface area (Å²) in [6, 6.07) is 5.83. The summed E-state index contributed by atoms with van der Waals surface area (Å²) >= 11 is 0. The molecule has 4 N–H and O–H groups in total. The molecule has 0 radical (unpaired) electrons. The Hall–Kier alpha value is -1.44. The summed E-state index contributed by atoms with van der Waals surface area (Å²) in [6.07, 6.45) is 0. The fraction of sp³-hybridized carbons (Fsp3) is 0.364. The Morgan fingerprint density at radius 2 is 1.72 bits per heavy atom. The summed E-state index contributed by atoms with van der Waals surface area (Å²) < 4.78 is 25.2. The lowest BCUT2D eigenvalue weighted by atomic mass is 10.1. The van der Waals surface area contributed by atoms with Crippen LogP contribution in [0.4, 0.5) is 5.69 Å². The molecule has 0 aliphatic heterocycles. The first-order valence-corrected chi connectivity index (χ1v) is 6.79. The second-order valence-corrected chi connectivity index (χ2v) is 6.29. The van der Waals surface area contributed by atoms with Crippen LogP contribution in [0.5, 0.6) is 0 Å². The monoisotopic (exact) mass is 271 g/mol. The molecule has 0 spiro atoms. The predicted molar refractivity (Wildman–Crippen MR) is 69.6 cm³/mol. The van der Waals surface area contributed by atoms with Crippen molar-refractivity contribution in [2.75, 3.05) is 12.4 Å². The third-order valence-electron chi connectivity index (χ3n) is 2.28. The molecule has 0 bridgehead atoms. The Balaban J connectivity index is 2.89. The molecule has 0 saturated carbocycles. The SMILES string of the molecule is CNS(=O)(=O)c1ccc(NC(=O)C(C)(C)N)cc1. The Morgan fingerprint density at radius 1 is 1.22 bits per heavy atom. The maximum atomic E-state index is 11.6. The van der Waals surface area contributed by atoms with Gasteiger partial charge in [-0.05, 0) is 45.2 Å². The van der Waals surface area contributed by atoms with Gasteiger partial charge in [0.1, 0.15) is 0 Å². The number of benzene rings is 1. The Morgan fingerprint density at radius 3 is 2.11 bits per heavy atom.